The maximum Gasteiger partial charge on any atom is 0.488 e. The molecular formula is C56H104B3N4O11. The van der Waals surface area contributed by atoms with Crippen LogP contribution in [0.15, 0.2) is 25.3 Å². The van der Waals surface area contributed by atoms with Gasteiger partial charge in [0.15, 0.2) is 0 Å². The van der Waals surface area contributed by atoms with Gasteiger partial charge in [-0.1, -0.05) is 59.6 Å². The van der Waals surface area contributed by atoms with Crippen LogP contribution in [0.2, 0.25) is 12.6 Å². The van der Waals surface area contributed by atoms with E-state index in [1.165, 1.54) is 7.69 Å². The molecule has 9 N–H and O–H groups in total. The van der Waals surface area contributed by atoms with Crippen molar-refractivity contribution in [2.45, 2.75) is 253 Å². The van der Waals surface area contributed by atoms with E-state index in [-0.39, 0.29) is 81.4 Å². The third-order valence-electron chi connectivity index (χ3n) is 17.6. The Morgan fingerprint density at radius 2 is 1.16 bits per heavy atom. The van der Waals surface area contributed by atoms with Gasteiger partial charge < -0.3 is 55.9 Å². The number of rotatable bonds is 11. The molecule has 0 spiro atoms. The van der Waals surface area contributed by atoms with Gasteiger partial charge in [-0.05, 0) is 190 Å². The number of amides is 2. The number of carbonyl (C=O) groups is 4. The number of ketones is 1. The third kappa shape index (κ3) is 18.5. The summed E-state index contributed by atoms with van der Waals surface area (Å²) >= 11 is 0. The average Bonchev–Trinajstić information content (AvgIpc) is 4.03. The smallest absolute Gasteiger partial charge is 0.480 e. The molecule has 6 fully saturated rings. The van der Waals surface area contributed by atoms with Gasteiger partial charge >= 0.3 is 27.9 Å². The summed E-state index contributed by atoms with van der Waals surface area (Å²) in [6, 6.07) is -0.559. The van der Waals surface area contributed by atoms with Gasteiger partial charge in [-0.25, -0.2) is 0 Å². The van der Waals surface area contributed by atoms with Crippen LogP contribution in [-0.2, 0) is 37.8 Å². The van der Waals surface area contributed by atoms with E-state index in [2.05, 4.69) is 79.2 Å². The van der Waals surface area contributed by atoms with Crippen LogP contribution in [0.3, 0.4) is 0 Å². The molecule has 74 heavy (non-hydrogen) atoms. The normalized spacial score (nSPS) is 34.2. The van der Waals surface area contributed by atoms with E-state index < -0.39 is 24.7 Å². The molecule has 0 aromatic rings. The van der Waals surface area contributed by atoms with Crippen molar-refractivity contribution in [1.82, 2.24) is 10.6 Å². The molecule has 15 nitrogen and oxygen atoms in total. The Labute approximate surface area is 450 Å². The van der Waals surface area contributed by atoms with Crippen LogP contribution >= 0.6 is 0 Å². The number of nitrogens with one attached hydrogen (secondary N) is 2. The highest BCUT2D eigenvalue weighted by Crippen LogP contribution is 2.50. The van der Waals surface area contributed by atoms with E-state index in [0.29, 0.717) is 54.6 Å². The monoisotopic (exact) mass is 1040 g/mol. The molecule has 0 bridgehead atoms. The Hall–Kier alpha value is -2.57. The van der Waals surface area contributed by atoms with Gasteiger partial charge in [0.1, 0.15) is 11.3 Å². The largest absolute Gasteiger partial charge is 0.488 e. The lowest BCUT2D eigenvalue weighted by Crippen LogP contribution is -2.57. The summed E-state index contributed by atoms with van der Waals surface area (Å²) in [4.78, 5) is 46.9. The van der Waals surface area contributed by atoms with Gasteiger partial charge in [0.2, 0.25) is 11.8 Å². The van der Waals surface area contributed by atoms with E-state index >= 15 is 0 Å². The summed E-state index contributed by atoms with van der Waals surface area (Å²) in [5.74, 6) is 2.40. The van der Waals surface area contributed by atoms with Crippen LogP contribution in [-0.4, -0.2) is 106 Å². The third-order valence-corrected chi connectivity index (χ3v) is 17.6. The summed E-state index contributed by atoms with van der Waals surface area (Å²) in [6.07, 6.45) is 13.2. The van der Waals surface area contributed by atoms with Gasteiger partial charge in [0.05, 0.1) is 22.4 Å². The van der Waals surface area contributed by atoms with Crippen LogP contribution in [0.25, 0.3) is 0 Å². The zero-order valence-corrected chi connectivity index (χ0v) is 49.7. The van der Waals surface area contributed by atoms with Crippen LogP contribution in [0.5, 0.6) is 0 Å². The van der Waals surface area contributed by atoms with Gasteiger partial charge in [-0.3, -0.25) is 19.2 Å². The predicted octanol–water partition coefficient (Wildman–Crippen LogP) is 8.86. The minimum absolute atomic E-state index is 0.0582. The molecular weight excluding hydrogens is 937 g/mol. The highest BCUT2D eigenvalue weighted by atomic mass is 16.7. The summed E-state index contributed by atoms with van der Waals surface area (Å²) in [6.45, 7) is 46.7. The van der Waals surface area contributed by atoms with E-state index in [9.17, 15) is 19.2 Å². The second kappa shape index (κ2) is 25.9. The molecule has 4 saturated carbocycles. The van der Waals surface area contributed by atoms with Crippen molar-refractivity contribution >= 4 is 45.5 Å². The molecule has 0 aromatic carbocycles. The Bertz CT molecular complexity index is 1870. The number of Topliss-reactive ketones (excluding diaryl/α,β-unsaturated/α-hetero) is 1. The average molecular weight is 1040 g/mol. The molecule has 423 valence electrons. The minimum atomic E-state index is -1.36. The number of aliphatic carboxylic acids is 1. The second-order valence-corrected chi connectivity index (χ2v) is 27.5. The Morgan fingerprint density at radius 1 is 0.716 bits per heavy atom. The Kier molecular flexibility index (Phi) is 23.7. The predicted molar refractivity (Wildman–Crippen MR) is 300 cm³/mol. The Morgan fingerprint density at radius 3 is 1.50 bits per heavy atom. The fourth-order valence-corrected chi connectivity index (χ4v) is 10.6. The molecule has 4 aliphatic carbocycles. The molecule has 11 unspecified atom stereocenters. The van der Waals surface area contributed by atoms with Gasteiger partial charge in [0.25, 0.3) is 0 Å². The van der Waals surface area contributed by atoms with Gasteiger partial charge in [0, 0.05) is 40.3 Å². The van der Waals surface area contributed by atoms with Crippen LogP contribution < -0.4 is 22.1 Å². The van der Waals surface area contributed by atoms with Crippen molar-refractivity contribution in [2.24, 2.45) is 63.7 Å². The topological polar surface area (TPSA) is 242 Å². The Balaban J connectivity index is 0.000000334. The number of carboxylic acids is 1. The first-order valence-electron chi connectivity index (χ1n) is 27.5. The van der Waals surface area contributed by atoms with Gasteiger partial charge in [-0.2, -0.15) is 0 Å². The highest BCUT2D eigenvalue weighted by molar-refractivity contribution is 6.45. The van der Waals surface area contributed by atoms with E-state index in [0.717, 1.165) is 51.3 Å². The van der Waals surface area contributed by atoms with E-state index in [1.54, 1.807) is 0 Å². The molecule has 2 amide bonds. The molecule has 2 aliphatic heterocycles. The molecule has 0 aromatic heterocycles. The summed E-state index contributed by atoms with van der Waals surface area (Å²) in [5.41, 5.74) is 8.29. The fraction of sp³-hybridized carbons (Fsp3) is 0.857. The number of hydrogen-bond acceptors (Lipinski definition) is 12. The molecule has 2 saturated heterocycles. The van der Waals surface area contributed by atoms with Crippen molar-refractivity contribution in [3.8, 4) is 0 Å². The summed E-state index contributed by atoms with van der Waals surface area (Å²) < 4.78 is 22.6. The van der Waals surface area contributed by atoms with Gasteiger partial charge in [-0.15, -0.1) is 13.2 Å². The highest BCUT2D eigenvalue weighted by Gasteiger charge is 2.53. The molecule has 1 radical (unpaired) electrons. The number of nitrogens with two attached hydrogens (primary N) is 2. The zero-order chi connectivity index (χ0) is 57.4. The maximum atomic E-state index is 12.8. The van der Waals surface area contributed by atoms with Crippen LogP contribution in [0.4, 0.5) is 0 Å². The first kappa shape index (κ1) is 67.5. The quantitative estimate of drug-likeness (QED) is 0.0757. The number of carbonyl (C=O) groups excluding carboxylic acids is 3. The maximum absolute atomic E-state index is 12.8. The number of carboxylic acid groups (broad SMARTS) is 1. The fourth-order valence-electron chi connectivity index (χ4n) is 10.6. The van der Waals surface area contributed by atoms with Crippen molar-refractivity contribution in [3.05, 3.63) is 25.3 Å². The SMILES string of the molecule is C=CC1CC(=O)C(C)C1.C=CC1CC(C)C(C)(C(=O)NC(C)(C)C)C1.CC1(C)O[B]OC1(C)C.CC1CC(CCB2OC(C)(C)C(C)(C)O2)CC1(C)C(=O)NC(C)(C)C.NC1CC(CCB(O)O)CC1(N)C(=O)O. The van der Waals surface area contributed by atoms with E-state index in [1.807, 2.05) is 88.3 Å². The minimum Gasteiger partial charge on any atom is -0.480 e. The second-order valence-electron chi connectivity index (χ2n) is 27.5. The molecule has 6 rings (SSSR count). The van der Waals surface area contributed by atoms with Crippen LogP contribution in [0, 0.1) is 52.3 Å². The zero-order valence-electron chi connectivity index (χ0n) is 49.7. The lowest BCUT2D eigenvalue weighted by atomic mass is 9.77. The lowest BCUT2D eigenvalue weighted by molar-refractivity contribution is -0.143. The van der Waals surface area contributed by atoms with Crippen LogP contribution in [0.1, 0.15) is 196 Å². The van der Waals surface area contributed by atoms with Crippen molar-refractivity contribution < 1.29 is 53.0 Å². The molecule has 18 heteroatoms. The van der Waals surface area contributed by atoms with Crippen molar-refractivity contribution in [3.63, 3.8) is 0 Å². The standard InChI is InChI=1S/C20H38BNO3.C14H25NO.C8H17BN2O4.C8H12O.C6H12BO2/c1-14-12-15(13-20(14,9)16(23)22-17(2,3)4)10-11-21-24-18(5,6)19(7,8)25-21;1-7-11-8-10(2)14(6,9-11)12(16)15-13(3,4)5;10-6-3-5(1-2-9(14)15)4-8(6,11)7(12)13;1-3-7-4-6(2)8(9)5-7;1-5(2)6(3,4)9-7-8-5/h14-15H,10-13H2,1-9H3,(H,22,23);7,10-11H,1,8-9H2,2-6H3,(H,15,16);5-6,14-15H,1-4,10-11H2,(H,12,13);3,6-7H,1,4-5H2,2H3;1-4H3. The number of hydrogen-bond donors (Lipinski definition) is 7. The van der Waals surface area contributed by atoms with E-state index in [4.69, 9.17) is 45.2 Å². The number of allylic oxidation sites excluding steroid dienone is 2. The molecule has 6 aliphatic rings. The van der Waals surface area contributed by atoms with Crippen molar-refractivity contribution in [1.29, 1.82) is 0 Å². The van der Waals surface area contributed by atoms with Crippen molar-refractivity contribution in [2.75, 3.05) is 0 Å². The summed E-state index contributed by atoms with van der Waals surface area (Å²) in [5, 5.41) is 32.6. The first-order valence-corrected chi connectivity index (χ1v) is 27.5. The summed E-state index contributed by atoms with van der Waals surface area (Å²) in [7, 11) is -0.0607. The molecule has 11 atom stereocenters. The first-order chi connectivity index (χ1) is 33.4. The lowest BCUT2D eigenvalue weighted by Gasteiger charge is -2.32. The molecule has 2 heterocycles.